The molecule has 106 valence electrons. The van der Waals surface area contributed by atoms with Crippen LogP contribution in [0.25, 0.3) is 0 Å². The Balaban J connectivity index is 1.76. The molecular weight excluding hydrogens is 268 g/mol. The van der Waals surface area contributed by atoms with Crippen molar-refractivity contribution in [3.8, 4) is 5.75 Å². The summed E-state index contributed by atoms with van der Waals surface area (Å²) in [6, 6.07) is 14.4. The molecule has 1 aliphatic heterocycles. The lowest BCUT2D eigenvalue weighted by atomic mass is 10.1. The van der Waals surface area contributed by atoms with Gasteiger partial charge in [0.25, 0.3) is 5.78 Å². The summed E-state index contributed by atoms with van der Waals surface area (Å²) in [4.78, 5) is 25.3. The van der Waals surface area contributed by atoms with E-state index >= 15 is 0 Å². The van der Waals surface area contributed by atoms with E-state index in [1.807, 2.05) is 30.3 Å². The molecule has 0 atom stereocenters. The van der Waals surface area contributed by atoms with E-state index in [1.54, 1.807) is 25.3 Å². The maximum Gasteiger partial charge on any atom is 0.300 e. The van der Waals surface area contributed by atoms with Crippen LogP contribution in [0, 0.1) is 0 Å². The molecule has 0 spiro atoms. The van der Waals surface area contributed by atoms with Crippen LogP contribution in [0.2, 0.25) is 0 Å². The zero-order chi connectivity index (χ0) is 14.8. The van der Waals surface area contributed by atoms with Crippen molar-refractivity contribution in [3.05, 3.63) is 54.1 Å². The number of methoxy groups -OCH3 is 1. The van der Waals surface area contributed by atoms with Gasteiger partial charge < -0.3 is 10.1 Å². The van der Waals surface area contributed by atoms with E-state index in [2.05, 4.69) is 5.32 Å². The van der Waals surface area contributed by atoms with Crippen LogP contribution in [0.3, 0.4) is 0 Å². The van der Waals surface area contributed by atoms with E-state index in [0.29, 0.717) is 11.3 Å². The minimum atomic E-state index is -0.503. The summed E-state index contributed by atoms with van der Waals surface area (Å²) < 4.78 is 5.09. The molecule has 5 heteroatoms. The number of rotatable bonds is 4. The van der Waals surface area contributed by atoms with Gasteiger partial charge in [-0.05, 0) is 36.4 Å². The third-order valence-corrected chi connectivity index (χ3v) is 3.41. The van der Waals surface area contributed by atoms with Crippen molar-refractivity contribution in [2.75, 3.05) is 24.0 Å². The van der Waals surface area contributed by atoms with Crippen molar-refractivity contribution >= 4 is 23.1 Å². The quantitative estimate of drug-likeness (QED) is 0.874. The molecule has 1 amide bonds. The molecule has 1 N–H and O–H groups in total. The van der Waals surface area contributed by atoms with Crippen molar-refractivity contribution in [2.24, 2.45) is 0 Å². The largest absolute Gasteiger partial charge is 0.497 e. The number of ketones is 1. The lowest BCUT2D eigenvalue weighted by molar-refractivity contribution is -0.114. The summed E-state index contributed by atoms with van der Waals surface area (Å²) in [6.07, 6.45) is 0. The van der Waals surface area contributed by atoms with Gasteiger partial charge in [-0.25, -0.2) is 0 Å². The first-order valence-electron chi connectivity index (χ1n) is 6.54. The summed E-state index contributed by atoms with van der Waals surface area (Å²) in [6.45, 7) is 0.244. The van der Waals surface area contributed by atoms with E-state index in [4.69, 9.17) is 4.74 Å². The highest BCUT2D eigenvalue weighted by Gasteiger charge is 2.34. The third-order valence-electron chi connectivity index (χ3n) is 3.41. The predicted molar refractivity (Wildman–Crippen MR) is 79.7 cm³/mol. The number of benzene rings is 2. The summed E-state index contributed by atoms with van der Waals surface area (Å²) in [5, 5.41) is 3.13. The van der Waals surface area contributed by atoms with E-state index in [1.165, 1.54) is 4.90 Å². The molecular formula is C16H14N2O3. The number of nitrogens with one attached hydrogen (secondary N) is 1. The number of anilines is 2. The number of para-hydroxylation sites is 1. The molecule has 1 heterocycles. The van der Waals surface area contributed by atoms with Gasteiger partial charge in [-0.2, -0.15) is 0 Å². The van der Waals surface area contributed by atoms with E-state index < -0.39 is 11.7 Å². The van der Waals surface area contributed by atoms with Gasteiger partial charge in [-0.3, -0.25) is 14.5 Å². The molecule has 0 radical (unpaired) electrons. The molecule has 0 fully saturated rings. The number of hydrogen-bond donors (Lipinski definition) is 1. The number of carbonyl (C=O) groups excluding carboxylic acids is 2. The van der Waals surface area contributed by atoms with Crippen molar-refractivity contribution in [3.63, 3.8) is 0 Å². The topological polar surface area (TPSA) is 58.6 Å². The van der Waals surface area contributed by atoms with Crippen molar-refractivity contribution in [2.45, 2.75) is 0 Å². The van der Waals surface area contributed by atoms with Gasteiger partial charge >= 0.3 is 5.91 Å². The third kappa shape index (κ3) is 2.33. The van der Waals surface area contributed by atoms with E-state index in [-0.39, 0.29) is 6.67 Å². The van der Waals surface area contributed by atoms with Crippen molar-refractivity contribution in [1.29, 1.82) is 0 Å². The fourth-order valence-electron chi connectivity index (χ4n) is 2.28. The molecule has 0 saturated carbocycles. The Morgan fingerprint density at radius 1 is 1.05 bits per heavy atom. The molecule has 5 nitrogen and oxygen atoms in total. The average Bonchev–Trinajstić information content (AvgIpc) is 2.78. The molecule has 2 aromatic carbocycles. The van der Waals surface area contributed by atoms with Crippen LogP contribution in [0.15, 0.2) is 48.5 Å². The standard InChI is InChI=1S/C16H14N2O3/c1-21-12-8-6-11(7-9-12)17-10-18-14-5-3-2-4-13(14)15(19)16(18)20/h2-9,17H,10H2,1H3. The molecule has 2 aromatic rings. The maximum absolute atomic E-state index is 12.0. The molecule has 0 bridgehead atoms. The van der Waals surface area contributed by atoms with Crippen molar-refractivity contribution in [1.82, 2.24) is 0 Å². The highest BCUT2D eigenvalue weighted by molar-refractivity contribution is 6.52. The monoisotopic (exact) mass is 282 g/mol. The fraction of sp³-hybridized carbons (Fsp3) is 0.125. The molecule has 0 unspecified atom stereocenters. The Morgan fingerprint density at radius 2 is 1.76 bits per heavy atom. The molecule has 0 aliphatic carbocycles. The summed E-state index contributed by atoms with van der Waals surface area (Å²) >= 11 is 0. The predicted octanol–water partition coefficient (Wildman–Crippen LogP) is 2.29. The smallest absolute Gasteiger partial charge is 0.300 e. The van der Waals surface area contributed by atoms with Crippen LogP contribution in [-0.4, -0.2) is 25.5 Å². The van der Waals surface area contributed by atoms with Gasteiger partial charge in [0, 0.05) is 5.69 Å². The average molecular weight is 282 g/mol. The van der Waals surface area contributed by atoms with Gasteiger partial charge in [0.15, 0.2) is 0 Å². The van der Waals surface area contributed by atoms with Gasteiger partial charge in [0.05, 0.1) is 25.0 Å². The molecule has 3 rings (SSSR count). The molecule has 21 heavy (non-hydrogen) atoms. The molecule has 0 aromatic heterocycles. The lowest BCUT2D eigenvalue weighted by Gasteiger charge is -2.18. The van der Waals surface area contributed by atoms with E-state index in [0.717, 1.165) is 11.4 Å². The summed E-state index contributed by atoms with van der Waals surface area (Å²) in [5.74, 6) is -0.197. The Labute approximate surface area is 122 Å². The first kappa shape index (κ1) is 13.2. The summed E-state index contributed by atoms with van der Waals surface area (Å²) in [7, 11) is 1.61. The number of Topliss-reactive ketones (excluding diaryl/α,β-unsaturated/α-hetero) is 1. The van der Waals surface area contributed by atoms with E-state index in [9.17, 15) is 9.59 Å². The number of ether oxygens (including phenoxy) is 1. The van der Waals surface area contributed by atoms with Crippen LogP contribution < -0.4 is 15.0 Å². The number of fused-ring (bicyclic) bond motifs is 1. The number of nitrogens with zero attached hydrogens (tertiary/aromatic N) is 1. The Bertz CT molecular complexity index is 695. The second-order valence-electron chi connectivity index (χ2n) is 4.64. The number of hydrogen-bond acceptors (Lipinski definition) is 4. The van der Waals surface area contributed by atoms with Crippen LogP contribution >= 0.6 is 0 Å². The summed E-state index contributed by atoms with van der Waals surface area (Å²) in [5.41, 5.74) is 1.95. The van der Waals surface area contributed by atoms with Crippen LogP contribution in [-0.2, 0) is 4.79 Å². The van der Waals surface area contributed by atoms with Gasteiger partial charge in [-0.15, -0.1) is 0 Å². The van der Waals surface area contributed by atoms with Crippen molar-refractivity contribution < 1.29 is 14.3 Å². The van der Waals surface area contributed by atoms with Crippen LogP contribution in [0.5, 0.6) is 5.75 Å². The van der Waals surface area contributed by atoms with Gasteiger partial charge in [0.2, 0.25) is 0 Å². The minimum Gasteiger partial charge on any atom is -0.497 e. The lowest BCUT2D eigenvalue weighted by Crippen LogP contribution is -2.34. The normalized spacial score (nSPS) is 13.3. The first-order chi connectivity index (χ1) is 10.2. The van der Waals surface area contributed by atoms with Gasteiger partial charge in [0.1, 0.15) is 5.75 Å². The molecule has 0 saturated heterocycles. The van der Waals surface area contributed by atoms with Crippen LogP contribution in [0.1, 0.15) is 10.4 Å². The first-order valence-corrected chi connectivity index (χ1v) is 6.54. The second-order valence-corrected chi connectivity index (χ2v) is 4.64. The minimum absolute atomic E-state index is 0.244. The zero-order valence-electron chi connectivity index (χ0n) is 11.5. The SMILES string of the molecule is COc1ccc(NCN2C(=O)C(=O)c3ccccc32)cc1. The highest BCUT2D eigenvalue weighted by atomic mass is 16.5. The highest BCUT2D eigenvalue weighted by Crippen LogP contribution is 2.28. The fourth-order valence-corrected chi connectivity index (χ4v) is 2.28. The number of amides is 1. The van der Waals surface area contributed by atoms with Gasteiger partial charge in [-0.1, -0.05) is 12.1 Å². The molecule has 1 aliphatic rings. The maximum atomic E-state index is 12.0. The Morgan fingerprint density at radius 3 is 2.48 bits per heavy atom. The Hall–Kier alpha value is -2.82. The second kappa shape index (κ2) is 5.28. The zero-order valence-corrected chi connectivity index (χ0v) is 11.5. The number of carbonyl (C=O) groups is 2. The Kier molecular flexibility index (Phi) is 3.31. The van der Waals surface area contributed by atoms with Crippen LogP contribution in [0.4, 0.5) is 11.4 Å².